The summed E-state index contributed by atoms with van der Waals surface area (Å²) >= 11 is 0. The quantitative estimate of drug-likeness (QED) is 0.788. The van der Waals surface area contributed by atoms with E-state index in [-0.39, 0.29) is 11.9 Å². The molecule has 17 heavy (non-hydrogen) atoms. The molecule has 1 aliphatic heterocycles. The molecule has 1 heterocycles. The molecule has 0 aliphatic carbocycles. The van der Waals surface area contributed by atoms with Crippen LogP contribution in [0.3, 0.4) is 0 Å². The number of carbonyl (C=O) groups is 1. The minimum Gasteiger partial charge on any atom is -0.398 e. The van der Waals surface area contributed by atoms with E-state index >= 15 is 0 Å². The van der Waals surface area contributed by atoms with Crippen LogP contribution in [0.1, 0.15) is 22.3 Å². The summed E-state index contributed by atoms with van der Waals surface area (Å²) in [5.74, 6) is -0.0262. The van der Waals surface area contributed by atoms with Gasteiger partial charge in [-0.3, -0.25) is 4.79 Å². The van der Waals surface area contributed by atoms with Gasteiger partial charge in [0.2, 0.25) is 0 Å². The summed E-state index contributed by atoms with van der Waals surface area (Å²) in [5.41, 5.74) is 8.03. The fourth-order valence-corrected chi connectivity index (χ4v) is 2.05. The molecule has 0 bridgehead atoms. The predicted octanol–water partition coefficient (Wildman–Crippen LogP) is 1.44. The number of hydrogen-bond donors (Lipinski definition) is 1. The molecule has 1 aliphatic rings. The molecule has 1 unspecified atom stereocenters. The van der Waals surface area contributed by atoms with Gasteiger partial charge in [0.25, 0.3) is 5.91 Å². The number of amides is 1. The summed E-state index contributed by atoms with van der Waals surface area (Å²) in [6, 6.07) is 5.71. The van der Waals surface area contributed by atoms with Crippen molar-refractivity contribution in [2.75, 3.05) is 26.0 Å². The van der Waals surface area contributed by atoms with Gasteiger partial charge in [-0.2, -0.15) is 0 Å². The molecule has 2 N–H and O–H groups in total. The number of anilines is 1. The van der Waals surface area contributed by atoms with Crippen LogP contribution < -0.4 is 5.73 Å². The van der Waals surface area contributed by atoms with Crippen LogP contribution >= 0.6 is 0 Å². The number of hydrogen-bond acceptors (Lipinski definition) is 3. The van der Waals surface area contributed by atoms with Crippen molar-refractivity contribution in [1.29, 1.82) is 0 Å². The van der Waals surface area contributed by atoms with Gasteiger partial charge >= 0.3 is 0 Å². The van der Waals surface area contributed by atoms with Crippen molar-refractivity contribution < 1.29 is 9.53 Å². The Kier molecular flexibility index (Phi) is 3.33. The molecule has 1 amide bonds. The van der Waals surface area contributed by atoms with Gasteiger partial charge in [0.15, 0.2) is 0 Å². The summed E-state index contributed by atoms with van der Waals surface area (Å²) in [6.45, 7) is 3.25. The second-order valence-corrected chi connectivity index (χ2v) is 4.47. The third kappa shape index (κ3) is 2.26. The van der Waals surface area contributed by atoms with Crippen molar-refractivity contribution >= 4 is 11.6 Å². The number of benzene rings is 1. The first-order chi connectivity index (χ1) is 8.11. The van der Waals surface area contributed by atoms with Gasteiger partial charge in [0, 0.05) is 19.3 Å². The van der Waals surface area contributed by atoms with Gasteiger partial charge < -0.3 is 15.4 Å². The average Bonchev–Trinajstić information content (AvgIpc) is 2.84. The zero-order valence-corrected chi connectivity index (χ0v) is 10.3. The first-order valence-electron chi connectivity index (χ1n) is 5.81. The summed E-state index contributed by atoms with van der Waals surface area (Å²) in [6.07, 6.45) is 0.897. The lowest BCUT2D eigenvalue weighted by Crippen LogP contribution is -2.37. The maximum atomic E-state index is 12.3. The highest BCUT2D eigenvalue weighted by Crippen LogP contribution is 2.20. The van der Waals surface area contributed by atoms with Crippen molar-refractivity contribution in [3.05, 3.63) is 29.3 Å². The SMILES string of the molecule is Cc1cccc(C(=O)N(C)C2CCOC2)c1N. The molecule has 0 aromatic heterocycles. The van der Waals surface area contributed by atoms with Crippen molar-refractivity contribution in [2.24, 2.45) is 0 Å². The third-order valence-electron chi connectivity index (χ3n) is 3.33. The number of rotatable bonds is 2. The predicted molar refractivity (Wildman–Crippen MR) is 66.9 cm³/mol. The minimum atomic E-state index is -0.0262. The Balaban J connectivity index is 2.21. The number of likely N-dealkylation sites (N-methyl/N-ethyl adjacent to an activating group) is 1. The number of carbonyl (C=O) groups excluding carboxylic acids is 1. The van der Waals surface area contributed by atoms with E-state index in [2.05, 4.69) is 0 Å². The molecule has 0 radical (unpaired) electrons. The lowest BCUT2D eigenvalue weighted by Gasteiger charge is -2.24. The molecule has 0 saturated carbocycles. The van der Waals surface area contributed by atoms with Gasteiger partial charge in [0.05, 0.1) is 18.2 Å². The molecule has 92 valence electrons. The molecular weight excluding hydrogens is 216 g/mol. The molecule has 1 atom stereocenters. The van der Waals surface area contributed by atoms with Gasteiger partial charge in [-0.15, -0.1) is 0 Å². The topological polar surface area (TPSA) is 55.6 Å². The van der Waals surface area contributed by atoms with Gasteiger partial charge in [-0.25, -0.2) is 0 Å². The van der Waals surface area contributed by atoms with Gasteiger partial charge in [-0.1, -0.05) is 12.1 Å². The molecule has 0 spiro atoms. The molecular formula is C13H18N2O2. The zero-order valence-electron chi connectivity index (χ0n) is 10.3. The summed E-state index contributed by atoms with van der Waals surface area (Å²) in [5, 5.41) is 0. The third-order valence-corrected chi connectivity index (χ3v) is 3.33. The van der Waals surface area contributed by atoms with E-state index in [0.29, 0.717) is 17.9 Å². The largest absolute Gasteiger partial charge is 0.398 e. The molecule has 1 aromatic carbocycles. The van der Waals surface area contributed by atoms with Crippen LogP contribution in [-0.4, -0.2) is 37.1 Å². The van der Waals surface area contributed by atoms with Crippen LogP contribution in [0, 0.1) is 6.92 Å². The lowest BCUT2D eigenvalue weighted by atomic mass is 10.1. The molecule has 4 nitrogen and oxygen atoms in total. The summed E-state index contributed by atoms with van der Waals surface area (Å²) in [7, 11) is 1.81. The van der Waals surface area contributed by atoms with E-state index in [0.717, 1.165) is 18.6 Å². The first-order valence-corrected chi connectivity index (χ1v) is 5.81. The van der Waals surface area contributed by atoms with E-state index in [9.17, 15) is 4.79 Å². The van der Waals surface area contributed by atoms with E-state index in [4.69, 9.17) is 10.5 Å². The van der Waals surface area contributed by atoms with Crippen LogP contribution in [0.25, 0.3) is 0 Å². The normalized spacial score (nSPS) is 19.3. The van der Waals surface area contributed by atoms with Crippen LogP contribution in [0.5, 0.6) is 0 Å². The van der Waals surface area contributed by atoms with E-state index < -0.39 is 0 Å². The van der Waals surface area contributed by atoms with Crippen LogP contribution in [0.15, 0.2) is 18.2 Å². The lowest BCUT2D eigenvalue weighted by molar-refractivity contribution is 0.0712. The second-order valence-electron chi connectivity index (χ2n) is 4.47. The summed E-state index contributed by atoms with van der Waals surface area (Å²) in [4.78, 5) is 14.0. The molecule has 1 saturated heterocycles. The highest BCUT2D eigenvalue weighted by atomic mass is 16.5. The number of nitrogen functional groups attached to an aromatic ring is 1. The van der Waals surface area contributed by atoms with Crippen molar-refractivity contribution in [1.82, 2.24) is 4.90 Å². The summed E-state index contributed by atoms with van der Waals surface area (Å²) < 4.78 is 5.29. The fraction of sp³-hybridized carbons (Fsp3) is 0.462. The smallest absolute Gasteiger partial charge is 0.256 e. The maximum Gasteiger partial charge on any atom is 0.256 e. The number of aryl methyl sites for hydroxylation is 1. The van der Waals surface area contributed by atoms with E-state index in [1.807, 2.05) is 26.1 Å². The average molecular weight is 234 g/mol. The Morgan fingerprint density at radius 2 is 2.29 bits per heavy atom. The number of para-hydroxylation sites is 1. The molecule has 4 heteroatoms. The number of nitrogens with two attached hydrogens (primary N) is 1. The number of ether oxygens (including phenoxy) is 1. The van der Waals surface area contributed by atoms with Crippen LogP contribution in [0.4, 0.5) is 5.69 Å². The van der Waals surface area contributed by atoms with E-state index in [1.165, 1.54) is 0 Å². The Hall–Kier alpha value is -1.55. The Bertz CT molecular complexity index is 425. The standard InChI is InChI=1S/C13H18N2O2/c1-9-4-3-5-11(12(9)14)13(16)15(2)10-6-7-17-8-10/h3-5,10H,6-8,14H2,1-2H3. The van der Waals surface area contributed by atoms with Gasteiger partial charge in [0.1, 0.15) is 0 Å². The minimum absolute atomic E-state index is 0.0262. The zero-order chi connectivity index (χ0) is 12.4. The Labute approximate surface area is 101 Å². The van der Waals surface area contributed by atoms with Crippen LogP contribution in [-0.2, 0) is 4.74 Å². The molecule has 1 fully saturated rings. The van der Waals surface area contributed by atoms with Crippen LogP contribution in [0.2, 0.25) is 0 Å². The molecule has 1 aromatic rings. The van der Waals surface area contributed by atoms with E-state index in [1.54, 1.807) is 11.0 Å². The highest BCUT2D eigenvalue weighted by molar-refractivity contribution is 5.99. The van der Waals surface area contributed by atoms with Gasteiger partial charge in [-0.05, 0) is 25.0 Å². The first kappa shape index (κ1) is 11.9. The highest BCUT2D eigenvalue weighted by Gasteiger charge is 2.25. The molecule has 2 rings (SSSR count). The van der Waals surface area contributed by atoms with Crippen molar-refractivity contribution in [2.45, 2.75) is 19.4 Å². The monoisotopic (exact) mass is 234 g/mol. The Morgan fingerprint density at radius 1 is 1.53 bits per heavy atom. The Morgan fingerprint density at radius 3 is 2.94 bits per heavy atom. The second kappa shape index (κ2) is 4.75. The number of nitrogens with zero attached hydrogens (tertiary/aromatic N) is 1. The van der Waals surface area contributed by atoms with Crippen molar-refractivity contribution in [3.8, 4) is 0 Å². The van der Waals surface area contributed by atoms with Crippen molar-refractivity contribution in [3.63, 3.8) is 0 Å². The maximum absolute atomic E-state index is 12.3. The fourth-order valence-electron chi connectivity index (χ4n) is 2.05.